The molecule has 0 aliphatic heterocycles. The van der Waals surface area contributed by atoms with Gasteiger partial charge >= 0.3 is 0 Å². The van der Waals surface area contributed by atoms with Crippen molar-refractivity contribution in [1.29, 1.82) is 0 Å². The predicted molar refractivity (Wildman–Crippen MR) is 219 cm³/mol. The minimum atomic E-state index is 0.791. The Labute approximate surface area is 307 Å². The van der Waals surface area contributed by atoms with Gasteiger partial charge in [-0.1, -0.05) is 133 Å². The highest BCUT2D eigenvalue weighted by Crippen LogP contribution is 2.42. The molecule has 2 aromatic heterocycles. The number of aromatic nitrogens is 4. The van der Waals surface area contributed by atoms with Crippen molar-refractivity contribution in [3.63, 3.8) is 0 Å². The molecule has 0 atom stereocenters. The van der Waals surface area contributed by atoms with Gasteiger partial charge in [-0.3, -0.25) is 4.57 Å². The third-order valence-electron chi connectivity index (χ3n) is 10.1. The molecule has 53 heavy (non-hydrogen) atoms. The van der Waals surface area contributed by atoms with Gasteiger partial charge in [0.1, 0.15) is 0 Å². The maximum atomic E-state index is 4.85. The SMILES string of the molecule is c1ccc(-c2nnc(-c3cccc4c(N(c5ccccc5)c5ccc(-n6c7ccccc7c7ccccc76)cc5)cccc34)n2-c2ccccc2)cc1. The molecule has 10 rings (SSSR count). The first-order valence-corrected chi connectivity index (χ1v) is 17.9. The summed E-state index contributed by atoms with van der Waals surface area (Å²) < 4.78 is 4.53. The van der Waals surface area contributed by atoms with Crippen LogP contribution in [0.1, 0.15) is 0 Å². The molecule has 0 aliphatic rings. The Morgan fingerprint density at radius 2 is 0.849 bits per heavy atom. The van der Waals surface area contributed by atoms with E-state index in [9.17, 15) is 0 Å². The lowest BCUT2D eigenvalue weighted by Crippen LogP contribution is -2.10. The molecule has 0 N–H and O–H groups in total. The Hall–Kier alpha value is -7.24. The van der Waals surface area contributed by atoms with Crippen molar-refractivity contribution in [2.45, 2.75) is 0 Å². The zero-order chi connectivity index (χ0) is 35.1. The molecule has 0 radical (unpaired) electrons. The maximum absolute atomic E-state index is 4.85. The summed E-state index contributed by atoms with van der Waals surface area (Å²) in [5, 5.41) is 14.3. The number of hydrogen-bond donors (Lipinski definition) is 0. The summed E-state index contributed by atoms with van der Waals surface area (Å²) in [6.07, 6.45) is 0. The summed E-state index contributed by atoms with van der Waals surface area (Å²) in [4.78, 5) is 2.35. The Morgan fingerprint density at radius 1 is 0.340 bits per heavy atom. The highest BCUT2D eigenvalue weighted by molar-refractivity contribution is 6.09. The van der Waals surface area contributed by atoms with Crippen LogP contribution in [-0.2, 0) is 0 Å². The Balaban J connectivity index is 1.14. The minimum absolute atomic E-state index is 0.791. The van der Waals surface area contributed by atoms with Gasteiger partial charge in [-0.25, -0.2) is 0 Å². The molecule has 0 aliphatic carbocycles. The van der Waals surface area contributed by atoms with Crippen LogP contribution in [0.5, 0.6) is 0 Å². The number of anilines is 3. The quantitative estimate of drug-likeness (QED) is 0.168. The van der Waals surface area contributed by atoms with Crippen molar-refractivity contribution in [2.75, 3.05) is 4.90 Å². The van der Waals surface area contributed by atoms with Gasteiger partial charge in [0.2, 0.25) is 0 Å². The first-order chi connectivity index (χ1) is 26.3. The lowest BCUT2D eigenvalue weighted by atomic mass is 10.0. The van der Waals surface area contributed by atoms with Crippen molar-refractivity contribution in [1.82, 2.24) is 19.3 Å². The topological polar surface area (TPSA) is 38.9 Å². The van der Waals surface area contributed by atoms with Crippen LogP contribution in [0.3, 0.4) is 0 Å². The van der Waals surface area contributed by atoms with Gasteiger partial charge in [0.05, 0.1) is 16.7 Å². The molecule has 10 aromatic rings. The van der Waals surface area contributed by atoms with Gasteiger partial charge in [-0.15, -0.1) is 10.2 Å². The first kappa shape index (κ1) is 30.6. The van der Waals surface area contributed by atoms with E-state index in [1.807, 2.05) is 24.3 Å². The smallest absolute Gasteiger partial charge is 0.169 e. The molecule has 0 unspecified atom stereocenters. The van der Waals surface area contributed by atoms with E-state index in [4.69, 9.17) is 10.2 Å². The van der Waals surface area contributed by atoms with Gasteiger partial charge in [0.15, 0.2) is 11.6 Å². The van der Waals surface area contributed by atoms with Crippen molar-refractivity contribution in [3.8, 4) is 34.2 Å². The molecule has 0 saturated carbocycles. The van der Waals surface area contributed by atoms with Crippen LogP contribution in [0.2, 0.25) is 0 Å². The van der Waals surface area contributed by atoms with Gasteiger partial charge < -0.3 is 9.47 Å². The molecular weight excluding hydrogens is 647 g/mol. The van der Waals surface area contributed by atoms with Gasteiger partial charge in [-0.05, 0) is 72.1 Å². The predicted octanol–water partition coefficient (Wildman–Crippen LogP) is 12.3. The monoisotopic (exact) mass is 679 g/mol. The molecule has 0 spiro atoms. The molecule has 5 nitrogen and oxygen atoms in total. The second-order valence-corrected chi connectivity index (χ2v) is 13.1. The van der Waals surface area contributed by atoms with E-state index in [-0.39, 0.29) is 0 Å². The number of para-hydroxylation sites is 4. The normalized spacial score (nSPS) is 11.4. The molecule has 8 aromatic carbocycles. The average Bonchev–Trinajstić information content (AvgIpc) is 3.82. The van der Waals surface area contributed by atoms with E-state index in [0.29, 0.717) is 0 Å². The lowest BCUT2D eigenvalue weighted by molar-refractivity contribution is 1.07. The molecule has 5 heteroatoms. The Kier molecular flexibility index (Phi) is 7.40. The van der Waals surface area contributed by atoms with Crippen molar-refractivity contribution < 1.29 is 0 Å². The summed E-state index contributed by atoms with van der Waals surface area (Å²) in [6.45, 7) is 0. The van der Waals surface area contributed by atoms with Crippen LogP contribution in [0.15, 0.2) is 200 Å². The standard InChI is InChI=1S/C48H33N5/c1-4-16-34(17-5-1)47-49-50-48(53(47)36-20-8-3-9-21-36)43-26-14-25-40-39(43)24-15-29-44(40)51(35-18-6-2-7-19-35)37-30-32-38(33-31-37)52-45-27-12-10-22-41(45)42-23-11-13-28-46(42)52/h1-33H. The average molecular weight is 680 g/mol. The summed E-state index contributed by atoms with van der Waals surface area (Å²) in [5.41, 5.74) is 9.76. The Bertz CT molecular complexity index is 2820. The highest BCUT2D eigenvalue weighted by Gasteiger charge is 2.22. The molecular formula is C48H33N5. The van der Waals surface area contributed by atoms with Crippen molar-refractivity contribution in [2.24, 2.45) is 0 Å². The number of fused-ring (bicyclic) bond motifs is 4. The minimum Gasteiger partial charge on any atom is -0.310 e. The molecule has 2 heterocycles. The summed E-state index contributed by atoms with van der Waals surface area (Å²) in [5.74, 6) is 1.59. The Morgan fingerprint density at radius 3 is 1.55 bits per heavy atom. The molecule has 0 bridgehead atoms. The summed E-state index contributed by atoms with van der Waals surface area (Å²) in [6, 6.07) is 70.4. The van der Waals surface area contributed by atoms with Crippen LogP contribution in [0, 0.1) is 0 Å². The van der Waals surface area contributed by atoms with Crippen LogP contribution in [-0.4, -0.2) is 19.3 Å². The van der Waals surface area contributed by atoms with Gasteiger partial charge in [0.25, 0.3) is 0 Å². The number of rotatable bonds is 7. The number of nitrogens with zero attached hydrogens (tertiary/aromatic N) is 5. The van der Waals surface area contributed by atoms with Crippen molar-refractivity contribution in [3.05, 3.63) is 200 Å². The van der Waals surface area contributed by atoms with E-state index in [1.165, 1.54) is 21.8 Å². The van der Waals surface area contributed by atoms with E-state index < -0.39 is 0 Å². The maximum Gasteiger partial charge on any atom is 0.169 e. The van der Waals surface area contributed by atoms with Gasteiger partial charge in [0, 0.05) is 50.0 Å². The molecule has 0 fully saturated rings. The van der Waals surface area contributed by atoms with Crippen LogP contribution >= 0.6 is 0 Å². The zero-order valence-corrected chi connectivity index (χ0v) is 28.8. The van der Waals surface area contributed by atoms with Crippen LogP contribution in [0.4, 0.5) is 17.1 Å². The third kappa shape index (κ3) is 5.17. The second kappa shape index (κ2) is 12.8. The lowest BCUT2D eigenvalue weighted by Gasteiger charge is -2.27. The van der Waals surface area contributed by atoms with Crippen molar-refractivity contribution >= 4 is 49.6 Å². The highest BCUT2D eigenvalue weighted by atomic mass is 15.3. The first-order valence-electron chi connectivity index (χ1n) is 17.9. The molecule has 0 saturated heterocycles. The van der Waals surface area contributed by atoms with E-state index >= 15 is 0 Å². The van der Waals surface area contributed by atoms with Crippen LogP contribution < -0.4 is 4.90 Å². The fourth-order valence-corrected chi connectivity index (χ4v) is 7.69. The summed E-state index contributed by atoms with van der Waals surface area (Å²) >= 11 is 0. The molecule has 0 amide bonds. The number of benzene rings is 8. The van der Waals surface area contributed by atoms with Crippen LogP contribution in [0.25, 0.3) is 66.7 Å². The largest absolute Gasteiger partial charge is 0.310 e. The summed E-state index contributed by atoms with van der Waals surface area (Å²) in [7, 11) is 0. The second-order valence-electron chi connectivity index (χ2n) is 13.1. The van der Waals surface area contributed by atoms with E-state index in [1.54, 1.807) is 0 Å². The van der Waals surface area contributed by atoms with E-state index in [2.05, 4.69) is 190 Å². The third-order valence-corrected chi connectivity index (χ3v) is 10.1. The fourth-order valence-electron chi connectivity index (χ4n) is 7.69. The fraction of sp³-hybridized carbons (Fsp3) is 0. The molecule has 250 valence electrons. The van der Waals surface area contributed by atoms with E-state index in [0.717, 1.165) is 62.0 Å². The number of hydrogen-bond acceptors (Lipinski definition) is 3. The van der Waals surface area contributed by atoms with Gasteiger partial charge in [-0.2, -0.15) is 0 Å². The zero-order valence-electron chi connectivity index (χ0n) is 28.8.